The molecule has 3 aromatic rings. The lowest BCUT2D eigenvalue weighted by Gasteiger charge is -2.09. The van der Waals surface area contributed by atoms with Gasteiger partial charge in [-0.2, -0.15) is 0 Å². The molecule has 3 rings (SSSR count). The number of rotatable bonds is 4. The summed E-state index contributed by atoms with van der Waals surface area (Å²) >= 11 is 5.85. The lowest BCUT2D eigenvalue weighted by molar-refractivity contribution is 0.325. The third kappa shape index (κ3) is 3.31. The Morgan fingerprint density at radius 3 is 2.67 bits per heavy atom. The van der Waals surface area contributed by atoms with Gasteiger partial charge in [0.25, 0.3) is 0 Å². The van der Waals surface area contributed by atoms with E-state index in [0.29, 0.717) is 17.9 Å². The fraction of sp³-hybridized carbons (Fsp3) is 0.118. The van der Waals surface area contributed by atoms with Crippen molar-refractivity contribution in [2.24, 2.45) is 0 Å². The maximum Gasteiger partial charge on any atom is 0.130 e. The molecule has 1 aromatic heterocycles. The average Bonchev–Trinajstić information content (AvgIpc) is 2.49. The first kappa shape index (κ1) is 13.8. The smallest absolute Gasteiger partial charge is 0.130 e. The molecule has 2 aromatic carbocycles. The van der Waals surface area contributed by atoms with Crippen molar-refractivity contribution in [2.75, 3.05) is 6.61 Å². The van der Waals surface area contributed by atoms with Crippen molar-refractivity contribution in [2.45, 2.75) is 6.42 Å². The third-order valence-electron chi connectivity index (χ3n) is 3.23. The predicted molar refractivity (Wildman–Crippen MR) is 82.4 cm³/mol. The van der Waals surface area contributed by atoms with Crippen LogP contribution in [0.25, 0.3) is 10.9 Å². The highest BCUT2D eigenvalue weighted by molar-refractivity contribution is 6.30. The summed E-state index contributed by atoms with van der Waals surface area (Å²) in [5, 5.41) is 1.54. The van der Waals surface area contributed by atoms with E-state index in [-0.39, 0.29) is 5.82 Å². The van der Waals surface area contributed by atoms with Crippen LogP contribution in [0.5, 0.6) is 5.75 Å². The first-order chi connectivity index (χ1) is 10.2. The number of hydrogen-bond donors (Lipinski definition) is 0. The molecule has 0 saturated carbocycles. The zero-order valence-electron chi connectivity index (χ0n) is 11.2. The summed E-state index contributed by atoms with van der Waals surface area (Å²) in [6.45, 7) is 0.540. The molecule has 0 spiro atoms. The quantitative estimate of drug-likeness (QED) is 0.700. The van der Waals surface area contributed by atoms with E-state index in [2.05, 4.69) is 4.98 Å². The van der Waals surface area contributed by atoms with Gasteiger partial charge >= 0.3 is 0 Å². The van der Waals surface area contributed by atoms with Crippen LogP contribution in [0.15, 0.2) is 54.7 Å². The van der Waals surface area contributed by atoms with Crippen LogP contribution in [-0.4, -0.2) is 11.6 Å². The number of ether oxygens (including phenoxy) is 1. The van der Waals surface area contributed by atoms with Gasteiger partial charge < -0.3 is 4.74 Å². The van der Waals surface area contributed by atoms with E-state index in [1.54, 1.807) is 18.3 Å². The Kier molecular flexibility index (Phi) is 4.02. The zero-order valence-corrected chi connectivity index (χ0v) is 12.0. The molecule has 0 unspecified atom stereocenters. The summed E-state index contributed by atoms with van der Waals surface area (Å²) in [5.74, 6) is 0.419. The van der Waals surface area contributed by atoms with Crippen molar-refractivity contribution in [1.82, 2.24) is 4.98 Å². The highest BCUT2D eigenvalue weighted by atomic mass is 35.5. The zero-order chi connectivity index (χ0) is 14.7. The molecular weight excluding hydrogens is 289 g/mol. The first-order valence-corrected chi connectivity index (χ1v) is 7.02. The number of aromatic nitrogens is 1. The molecule has 106 valence electrons. The standard InChI is InChI=1S/C17H13ClFNO/c18-13-3-1-12(2-4-13)8-10-21-17-7-9-20-16-11-14(19)5-6-15(16)17/h1-7,9,11H,8,10H2. The van der Waals surface area contributed by atoms with E-state index in [0.717, 1.165) is 22.4 Å². The van der Waals surface area contributed by atoms with Crippen molar-refractivity contribution in [3.8, 4) is 5.75 Å². The van der Waals surface area contributed by atoms with Gasteiger partial charge in [0.2, 0.25) is 0 Å². The number of pyridine rings is 1. The molecule has 2 nitrogen and oxygen atoms in total. The molecular formula is C17H13ClFNO. The number of fused-ring (bicyclic) bond motifs is 1. The Morgan fingerprint density at radius 2 is 1.86 bits per heavy atom. The lowest BCUT2D eigenvalue weighted by Crippen LogP contribution is -2.02. The second-order valence-corrected chi connectivity index (χ2v) is 5.13. The van der Waals surface area contributed by atoms with E-state index in [1.807, 2.05) is 24.3 Å². The molecule has 0 aliphatic heterocycles. The summed E-state index contributed by atoms with van der Waals surface area (Å²) in [6, 6.07) is 14.0. The van der Waals surface area contributed by atoms with Crippen molar-refractivity contribution >= 4 is 22.5 Å². The molecule has 0 saturated heterocycles. The van der Waals surface area contributed by atoms with Crippen LogP contribution >= 0.6 is 11.6 Å². The fourth-order valence-electron chi connectivity index (χ4n) is 2.15. The minimum atomic E-state index is -0.298. The fourth-order valence-corrected chi connectivity index (χ4v) is 2.28. The van der Waals surface area contributed by atoms with Gasteiger partial charge in [-0.25, -0.2) is 4.39 Å². The van der Waals surface area contributed by atoms with Gasteiger partial charge in [-0.05, 0) is 35.9 Å². The maximum absolute atomic E-state index is 13.2. The van der Waals surface area contributed by atoms with Crippen LogP contribution in [0.3, 0.4) is 0 Å². The topological polar surface area (TPSA) is 22.1 Å². The van der Waals surface area contributed by atoms with E-state index < -0.39 is 0 Å². The molecule has 0 aliphatic carbocycles. The Labute approximate surface area is 127 Å². The molecule has 0 aliphatic rings. The SMILES string of the molecule is Fc1ccc2c(OCCc3ccc(Cl)cc3)ccnc2c1. The molecule has 4 heteroatoms. The highest BCUT2D eigenvalue weighted by Crippen LogP contribution is 2.24. The second-order valence-electron chi connectivity index (χ2n) is 4.70. The lowest BCUT2D eigenvalue weighted by atomic mass is 10.1. The molecule has 0 fully saturated rings. The van der Waals surface area contributed by atoms with Gasteiger partial charge in [0.1, 0.15) is 11.6 Å². The van der Waals surface area contributed by atoms with Gasteiger partial charge in [0.05, 0.1) is 12.1 Å². The predicted octanol–water partition coefficient (Wildman–Crippen LogP) is 4.65. The van der Waals surface area contributed by atoms with Crippen LogP contribution < -0.4 is 4.74 Å². The normalized spacial score (nSPS) is 10.8. The summed E-state index contributed by atoms with van der Waals surface area (Å²) in [4.78, 5) is 4.14. The molecule has 1 heterocycles. The van der Waals surface area contributed by atoms with Crippen LogP contribution in [-0.2, 0) is 6.42 Å². The van der Waals surface area contributed by atoms with Crippen LogP contribution in [0.1, 0.15) is 5.56 Å². The van der Waals surface area contributed by atoms with E-state index in [1.165, 1.54) is 12.1 Å². The second kappa shape index (κ2) is 6.10. The minimum Gasteiger partial charge on any atom is -0.492 e. The van der Waals surface area contributed by atoms with Crippen LogP contribution in [0, 0.1) is 5.82 Å². The summed E-state index contributed by atoms with van der Waals surface area (Å²) < 4.78 is 19.0. The van der Waals surface area contributed by atoms with Gasteiger partial charge in [-0.3, -0.25) is 4.98 Å². The van der Waals surface area contributed by atoms with Gasteiger partial charge in [0.15, 0.2) is 0 Å². The first-order valence-electron chi connectivity index (χ1n) is 6.64. The van der Waals surface area contributed by atoms with Gasteiger partial charge in [0, 0.05) is 29.1 Å². The molecule has 0 amide bonds. The summed E-state index contributed by atoms with van der Waals surface area (Å²) in [6.07, 6.45) is 2.40. The number of benzene rings is 2. The summed E-state index contributed by atoms with van der Waals surface area (Å²) in [5.41, 5.74) is 1.75. The Bertz CT molecular complexity index is 758. The Morgan fingerprint density at radius 1 is 1.05 bits per heavy atom. The van der Waals surface area contributed by atoms with Crippen molar-refractivity contribution in [3.05, 3.63) is 71.1 Å². The van der Waals surface area contributed by atoms with Gasteiger partial charge in [-0.1, -0.05) is 23.7 Å². The molecule has 0 atom stereocenters. The maximum atomic E-state index is 13.2. The van der Waals surface area contributed by atoms with Crippen LogP contribution in [0.4, 0.5) is 4.39 Å². The highest BCUT2D eigenvalue weighted by Gasteiger charge is 2.04. The average molecular weight is 302 g/mol. The van der Waals surface area contributed by atoms with Crippen molar-refractivity contribution < 1.29 is 9.13 Å². The largest absolute Gasteiger partial charge is 0.492 e. The van der Waals surface area contributed by atoms with E-state index >= 15 is 0 Å². The number of hydrogen-bond acceptors (Lipinski definition) is 2. The molecule has 0 radical (unpaired) electrons. The van der Waals surface area contributed by atoms with E-state index in [4.69, 9.17) is 16.3 Å². The summed E-state index contributed by atoms with van der Waals surface area (Å²) in [7, 11) is 0. The minimum absolute atomic E-state index is 0.298. The van der Waals surface area contributed by atoms with Crippen molar-refractivity contribution in [3.63, 3.8) is 0 Å². The number of nitrogens with zero attached hydrogens (tertiary/aromatic N) is 1. The third-order valence-corrected chi connectivity index (χ3v) is 3.48. The number of halogens is 2. The molecule has 0 bridgehead atoms. The Hall–Kier alpha value is -2.13. The van der Waals surface area contributed by atoms with Crippen LogP contribution in [0.2, 0.25) is 5.02 Å². The Balaban J connectivity index is 1.72. The molecule has 0 N–H and O–H groups in total. The van der Waals surface area contributed by atoms with E-state index in [9.17, 15) is 4.39 Å². The monoisotopic (exact) mass is 301 g/mol. The molecule has 21 heavy (non-hydrogen) atoms. The van der Waals surface area contributed by atoms with Crippen molar-refractivity contribution in [1.29, 1.82) is 0 Å². The van der Waals surface area contributed by atoms with Gasteiger partial charge in [-0.15, -0.1) is 0 Å².